The minimum absolute atomic E-state index is 0.296. The lowest BCUT2D eigenvalue weighted by atomic mass is 10.3. The molecule has 6 aromatic carbocycles. The Morgan fingerprint density at radius 3 is 0.543 bits per heavy atom. The van der Waals surface area contributed by atoms with Gasteiger partial charge in [-0.25, -0.2) is 0 Å². The summed E-state index contributed by atoms with van der Waals surface area (Å²) in [5.74, 6) is 3.78. The Balaban J connectivity index is 1.44. The topological polar surface area (TPSA) is 55.4 Å². The third kappa shape index (κ3) is 8.59. The van der Waals surface area contributed by atoms with E-state index < -0.39 is 17.6 Å². The Morgan fingerprint density at radius 2 is 0.391 bits per heavy atom. The zero-order valence-electron chi connectivity index (χ0n) is 25.2. The molecule has 230 valence electrons. The monoisotopic (exact) mass is 642 g/mol. The van der Waals surface area contributed by atoms with E-state index in [0.29, 0.717) is 46.6 Å². The molecule has 0 atom stereocenters. The summed E-state index contributed by atoms with van der Waals surface area (Å²) in [6.07, 6.45) is 0. The summed E-state index contributed by atoms with van der Waals surface area (Å²) in [7, 11) is -7.37. The largest absolute Gasteiger partial charge is 0.699 e. The summed E-state index contributed by atoms with van der Waals surface area (Å²) in [6, 6.07) is 58.1. The first-order chi connectivity index (χ1) is 22.7. The average Bonchev–Trinajstić information content (AvgIpc) is 3.10. The van der Waals surface area contributed by atoms with Crippen molar-refractivity contribution in [2.24, 2.45) is 0 Å². The molecule has 0 radical (unpaired) electrons. The lowest BCUT2D eigenvalue weighted by molar-refractivity contribution is 0.243. The van der Waals surface area contributed by atoms with Crippen molar-refractivity contribution >= 4 is 17.6 Å². The highest BCUT2D eigenvalue weighted by molar-refractivity contribution is 6.69. The van der Waals surface area contributed by atoms with Gasteiger partial charge in [0.25, 0.3) is 0 Å². The van der Waals surface area contributed by atoms with E-state index in [1.807, 2.05) is 182 Å². The molecule has 0 spiro atoms. The first kappa shape index (κ1) is 30.6. The van der Waals surface area contributed by atoms with Gasteiger partial charge >= 0.3 is 17.6 Å². The number of rotatable bonds is 15. The van der Waals surface area contributed by atoms with E-state index in [-0.39, 0.29) is 0 Å². The molecule has 0 aromatic heterocycles. The van der Waals surface area contributed by atoms with E-state index in [1.165, 1.54) is 0 Å². The number of hydrogen-bond acceptors (Lipinski definition) is 6. The highest BCUT2D eigenvalue weighted by Crippen LogP contribution is 2.33. The Hall–Kier alpha value is -5.45. The van der Waals surface area contributed by atoms with Crippen LogP contribution in [0.4, 0.5) is 0 Å². The van der Waals surface area contributed by atoms with Crippen molar-refractivity contribution < 1.29 is 26.6 Å². The lowest BCUT2D eigenvalue weighted by Gasteiger charge is -2.34. The van der Waals surface area contributed by atoms with Gasteiger partial charge in [0.05, 0.1) is 12.1 Å². The molecule has 6 rings (SSSR count). The van der Waals surface area contributed by atoms with Crippen molar-refractivity contribution in [1.29, 1.82) is 0 Å². The van der Waals surface area contributed by atoms with Crippen LogP contribution in [0.15, 0.2) is 182 Å². The van der Waals surface area contributed by atoms with E-state index in [9.17, 15) is 0 Å². The molecule has 0 aliphatic heterocycles. The molecule has 0 aliphatic rings. The minimum atomic E-state index is -3.68. The van der Waals surface area contributed by atoms with Crippen molar-refractivity contribution in [1.82, 2.24) is 0 Å². The van der Waals surface area contributed by atoms with Crippen LogP contribution in [0.2, 0.25) is 12.1 Å². The zero-order valence-corrected chi connectivity index (χ0v) is 27.2. The normalized spacial score (nSPS) is 11.2. The van der Waals surface area contributed by atoms with Gasteiger partial charge in [-0.05, 0) is 72.8 Å². The molecule has 0 heterocycles. The average molecular weight is 643 g/mol. The third-order valence-corrected chi connectivity index (χ3v) is 12.3. The maximum absolute atomic E-state index is 6.81. The Kier molecular flexibility index (Phi) is 9.99. The van der Waals surface area contributed by atoms with Crippen LogP contribution >= 0.6 is 0 Å². The van der Waals surface area contributed by atoms with Crippen LogP contribution < -0.4 is 26.6 Å². The number of hydrogen-bond donors (Lipinski definition) is 0. The second-order valence-corrected chi connectivity index (χ2v) is 15.3. The maximum Gasteiger partial charge on any atom is 0.699 e. The molecular weight excluding hydrogens is 609 g/mol. The van der Waals surface area contributed by atoms with Gasteiger partial charge < -0.3 is 26.6 Å². The van der Waals surface area contributed by atoms with Gasteiger partial charge in [-0.2, -0.15) is 0 Å². The molecule has 0 amide bonds. The van der Waals surface area contributed by atoms with Crippen LogP contribution in [0.25, 0.3) is 0 Å². The second kappa shape index (κ2) is 15.0. The van der Waals surface area contributed by atoms with Crippen LogP contribution in [-0.2, 0) is 0 Å². The molecule has 0 bridgehead atoms. The summed E-state index contributed by atoms with van der Waals surface area (Å²) in [5.41, 5.74) is 0. The Labute approximate surface area is 272 Å². The minimum Gasteiger partial charge on any atom is -0.483 e. The molecule has 6 aromatic rings. The fourth-order valence-electron chi connectivity index (χ4n) is 4.75. The van der Waals surface area contributed by atoms with Crippen molar-refractivity contribution in [3.05, 3.63) is 182 Å². The fourth-order valence-corrected chi connectivity index (χ4v) is 11.0. The number of para-hydroxylation sites is 6. The third-order valence-electron chi connectivity index (χ3n) is 6.84. The van der Waals surface area contributed by atoms with Crippen molar-refractivity contribution in [3.63, 3.8) is 0 Å². The van der Waals surface area contributed by atoms with Crippen LogP contribution in [-0.4, -0.2) is 17.6 Å². The molecular formula is C38H34O6Si2. The molecule has 0 unspecified atom stereocenters. The van der Waals surface area contributed by atoms with Crippen LogP contribution in [0.5, 0.6) is 34.5 Å². The van der Waals surface area contributed by atoms with Crippen LogP contribution in [0.3, 0.4) is 0 Å². The highest BCUT2D eigenvalue weighted by Gasteiger charge is 2.58. The van der Waals surface area contributed by atoms with Crippen molar-refractivity contribution in [3.8, 4) is 34.5 Å². The van der Waals surface area contributed by atoms with Gasteiger partial charge in [0.15, 0.2) is 0 Å². The standard InChI is InChI=1S/C38H34O6Si2/c1-7-19-33(20-8-1)39-45(40-34-21-9-2-10-22-34,41-35-23-11-3-12-24-35)31-32-46(42-36-25-13-4-14-26-36,43-37-27-15-5-16-28-37)44-38-29-17-6-18-30-38/h1-30H,31-32H2. The fraction of sp³-hybridized carbons (Fsp3) is 0.0526. The van der Waals surface area contributed by atoms with E-state index >= 15 is 0 Å². The summed E-state index contributed by atoms with van der Waals surface area (Å²) in [6.45, 7) is 0. The van der Waals surface area contributed by atoms with Gasteiger partial charge in [-0.1, -0.05) is 109 Å². The van der Waals surface area contributed by atoms with Crippen LogP contribution in [0.1, 0.15) is 0 Å². The van der Waals surface area contributed by atoms with Gasteiger partial charge in [0.1, 0.15) is 34.5 Å². The molecule has 6 nitrogen and oxygen atoms in total. The van der Waals surface area contributed by atoms with Gasteiger partial charge in [-0.15, -0.1) is 0 Å². The molecule has 0 N–H and O–H groups in total. The Morgan fingerprint density at radius 1 is 0.239 bits per heavy atom. The molecule has 0 saturated carbocycles. The van der Waals surface area contributed by atoms with Crippen molar-refractivity contribution in [2.75, 3.05) is 0 Å². The van der Waals surface area contributed by atoms with Crippen LogP contribution in [0, 0.1) is 0 Å². The molecule has 46 heavy (non-hydrogen) atoms. The SMILES string of the molecule is c1ccc(O[Si](CC[Si](Oc2ccccc2)(Oc2ccccc2)Oc2ccccc2)(Oc2ccccc2)Oc2ccccc2)cc1. The van der Waals surface area contributed by atoms with Gasteiger partial charge in [0, 0.05) is 0 Å². The first-order valence-electron chi connectivity index (χ1n) is 15.1. The summed E-state index contributed by atoms with van der Waals surface area (Å²) >= 11 is 0. The summed E-state index contributed by atoms with van der Waals surface area (Å²) in [5, 5.41) is 0. The van der Waals surface area contributed by atoms with Gasteiger partial charge in [-0.3, -0.25) is 0 Å². The van der Waals surface area contributed by atoms with Crippen molar-refractivity contribution in [2.45, 2.75) is 12.1 Å². The first-order valence-corrected chi connectivity index (χ1v) is 19.0. The molecule has 8 heteroatoms. The zero-order chi connectivity index (χ0) is 31.3. The smallest absolute Gasteiger partial charge is 0.483 e. The molecule has 0 saturated heterocycles. The van der Waals surface area contributed by atoms with E-state index in [4.69, 9.17) is 26.6 Å². The molecule has 0 aliphatic carbocycles. The predicted octanol–water partition coefficient (Wildman–Crippen LogP) is 9.34. The predicted molar refractivity (Wildman–Crippen MR) is 184 cm³/mol. The second-order valence-electron chi connectivity index (χ2n) is 10.4. The summed E-state index contributed by atoms with van der Waals surface area (Å²) in [4.78, 5) is 0. The quantitative estimate of drug-likeness (QED) is 0.104. The van der Waals surface area contributed by atoms with E-state index in [0.717, 1.165) is 0 Å². The lowest BCUT2D eigenvalue weighted by Crippen LogP contribution is -2.60. The highest BCUT2D eigenvalue weighted by atomic mass is 28.4. The summed E-state index contributed by atoms with van der Waals surface area (Å²) < 4.78 is 40.8. The maximum atomic E-state index is 6.81. The molecule has 0 fully saturated rings. The Bertz CT molecular complexity index is 1390. The number of benzene rings is 6. The van der Waals surface area contributed by atoms with Gasteiger partial charge in [0.2, 0.25) is 0 Å². The van der Waals surface area contributed by atoms with E-state index in [1.54, 1.807) is 0 Å². The van der Waals surface area contributed by atoms with E-state index in [2.05, 4.69) is 0 Å².